The van der Waals surface area contributed by atoms with E-state index in [0.717, 1.165) is 24.7 Å². The van der Waals surface area contributed by atoms with Gasteiger partial charge in [0.2, 0.25) is 5.91 Å². The molecule has 5 nitrogen and oxygen atoms in total. The van der Waals surface area contributed by atoms with Gasteiger partial charge in [0.1, 0.15) is 5.75 Å². The fourth-order valence-corrected chi connectivity index (χ4v) is 3.73. The smallest absolute Gasteiger partial charge is 0.306 e. The van der Waals surface area contributed by atoms with E-state index in [2.05, 4.69) is 41.5 Å². The van der Waals surface area contributed by atoms with Crippen molar-refractivity contribution in [1.82, 2.24) is 4.90 Å². The number of carbonyl (C=O) groups is 1. The Morgan fingerprint density at radius 3 is 2.15 bits per heavy atom. The second-order valence-electron chi connectivity index (χ2n) is 8.78. The van der Waals surface area contributed by atoms with Crippen molar-refractivity contribution in [3.63, 3.8) is 0 Å². The molecule has 0 aliphatic carbocycles. The van der Waals surface area contributed by atoms with Gasteiger partial charge >= 0.3 is 10.1 Å². The minimum Gasteiger partial charge on any atom is -0.383 e. The van der Waals surface area contributed by atoms with Gasteiger partial charge in [-0.2, -0.15) is 8.42 Å². The second kappa shape index (κ2) is 9.58. The first-order valence-corrected chi connectivity index (χ1v) is 11.4. The van der Waals surface area contributed by atoms with E-state index in [4.69, 9.17) is 4.18 Å². The number of amides is 1. The summed E-state index contributed by atoms with van der Waals surface area (Å²) in [4.78, 5) is 14.8. The first-order chi connectivity index (χ1) is 12.3. The zero-order valence-electron chi connectivity index (χ0n) is 17.8. The number of carbonyl (C=O) groups excluding carboxylic acids is 1. The zero-order valence-corrected chi connectivity index (χ0v) is 18.6. The Bertz CT molecular complexity index is 705. The number of rotatable bonds is 9. The molecule has 0 aromatic heterocycles. The maximum Gasteiger partial charge on any atom is 0.306 e. The summed E-state index contributed by atoms with van der Waals surface area (Å²) < 4.78 is 27.3. The summed E-state index contributed by atoms with van der Waals surface area (Å²) in [5.41, 5.74) is 1.16. The van der Waals surface area contributed by atoms with Crippen LogP contribution in [0.5, 0.6) is 5.75 Å². The Hall–Kier alpha value is -1.56. The molecular formula is C21H35NO4S. The van der Waals surface area contributed by atoms with Crippen LogP contribution in [0.15, 0.2) is 24.3 Å². The van der Waals surface area contributed by atoms with Crippen molar-refractivity contribution >= 4 is 16.0 Å². The third kappa shape index (κ3) is 9.27. The summed E-state index contributed by atoms with van der Waals surface area (Å²) in [5, 5.41) is 0. The molecule has 0 bridgehead atoms. The van der Waals surface area contributed by atoms with Gasteiger partial charge in [-0.1, -0.05) is 46.8 Å². The third-order valence-electron chi connectivity index (χ3n) is 4.45. The molecule has 0 spiro atoms. The van der Waals surface area contributed by atoms with Crippen LogP contribution in [0, 0.1) is 11.3 Å². The Morgan fingerprint density at radius 1 is 1.15 bits per heavy atom. The molecule has 27 heavy (non-hydrogen) atoms. The number of benzene rings is 1. The molecule has 0 aliphatic rings. The molecule has 1 aromatic carbocycles. The average molecular weight is 398 g/mol. The quantitative estimate of drug-likeness (QED) is 0.571. The predicted octanol–water partition coefficient (Wildman–Crippen LogP) is 4.61. The number of hydrogen-bond acceptors (Lipinski definition) is 4. The Balaban J connectivity index is 2.84. The van der Waals surface area contributed by atoms with Crippen LogP contribution in [-0.2, 0) is 21.5 Å². The van der Waals surface area contributed by atoms with E-state index in [1.807, 2.05) is 17.0 Å². The lowest BCUT2D eigenvalue weighted by Crippen LogP contribution is -2.38. The van der Waals surface area contributed by atoms with E-state index in [-0.39, 0.29) is 23.1 Å². The van der Waals surface area contributed by atoms with Crippen molar-refractivity contribution in [3.05, 3.63) is 29.8 Å². The fraction of sp³-hybridized carbons (Fsp3) is 0.667. The van der Waals surface area contributed by atoms with E-state index in [1.165, 1.54) is 0 Å². The molecule has 0 saturated heterocycles. The van der Waals surface area contributed by atoms with Gasteiger partial charge in [-0.15, -0.1) is 0 Å². The highest BCUT2D eigenvalue weighted by molar-refractivity contribution is 7.86. The van der Waals surface area contributed by atoms with Crippen LogP contribution in [0.4, 0.5) is 0 Å². The first kappa shape index (κ1) is 23.5. The molecule has 6 heteroatoms. The summed E-state index contributed by atoms with van der Waals surface area (Å²) in [6, 6.07) is 7.01. The Labute approximate surface area is 165 Å². The Morgan fingerprint density at radius 2 is 1.70 bits per heavy atom. The van der Waals surface area contributed by atoms with Crippen molar-refractivity contribution in [2.75, 3.05) is 6.26 Å². The lowest BCUT2D eigenvalue weighted by Gasteiger charge is -2.31. The van der Waals surface area contributed by atoms with Crippen molar-refractivity contribution in [1.29, 1.82) is 0 Å². The molecule has 1 amide bonds. The van der Waals surface area contributed by atoms with E-state index in [0.29, 0.717) is 18.9 Å². The summed E-state index contributed by atoms with van der Waals surface area (Å²) >= 11 is 0. The topological polar surface area (TPSA) is 63.7 Å². The predicted molar refractivity (Wildman–Crippen MR) is 110 cm³/mol. The molecule has 0 heterocycles. The summed E-state index contributed by atoms with van der Waals surface area (Å²) in [6.07, 6.45) is 3.44. The largest absolute Gasteiger partial charge is 0.383 e. The molecule has 0 unspecified atom stereocenters. The minimum atomic E-state index is -3.54. The van der Waals surface area contributed by atoms with Gasteiger partial charge in [0, 0.05) is 19.0 Å². The lowest BCUT2D eigenvalue weighted by molar-refractivity contribution is -0.135. The van der Waals surface area contributed by atoms with Gasteiger partial charge < -0.3 is 9.08 Å². The molecule has 0 N–H and O–H groups in total. The number of hydrogen-bond donors (Lipinski definition) is 0. The maximum absolute atomic E-state index is 12.9. The Kier molecular flexibility index (Phi) is 8.33. The van der Waals surface area contributed by atoms with Gasteiger partial charge in [0.25, 0.3) is 0 Å². The molecular weight excluding hydrogens is 362 g/mol. The fourth-order valence-electron chi connectivity index (χ4n) is 3.27. The van der Waals surface area contributed by atoms with E-state index in [1.54, 1.807) is 12.1 Å². The van der Waals surface area contributed by atoms with Gasteiger partial charge in [-0.05, 0) is 48.8 Å². The zero-order chi connectivity index (χ0) is 20.8. The molecule has 2 atom stereocenters. The van der Waals surface area contributed by atoms with Gasteiger partial charge in [0.15, 0.2) is 0 Å². The monoisotopic (exact) mass is 397 g/mol. The highest BCUT2D eigenvalue weighted by atomic mass is 32.2. The minimum absolute atomic E-state index is 0.145. The standard InChI is InChI=1S/C21H35NO4S/c1-8-17(3)22(20(23)13-16(2)14-21(4,5)6)15-18-9-11-19(12-10-18)26-27(7,24)25/h9-12,16-17H,8,13-15H2,1-7H3/t16-,17-/m1/s1. The van der Waals surface area contributed by atoms with Crippen LogP contribution >= 0.6 is 0 Å². The average Bonchev–Trinajstić information content (AvgIpc) is 2.49. The third-order valence-corrected chi connectivity index (χ3v) is 4.95. The molecule has 154 valence electrons. The van der Waals surface area contributed by atoms with Crippen LogP contribution in [0.1, 0.15) is 66.4 Å². The summed E-state index contributed by atoms with van der Waals surface area (Å²) in [6.45, 7) is 13.4. The molecule has 1 rings (SSSR count). The molecule has 0 fully saturated rings. The molecule has 0 aliphatic heterocycles. The van der Waals surface area contributed by atoms with E-state index >= 15 is 0 Å². The SMILES string of the molecule is CC[C@@H](C)N(Cc1ccc(OS(C)(=O)=O)cc1)C(=O)C[C@@H](C)CC(C)(C)C. The van der Waals surface area contributed by atoms with Crippen LogP contribution in [0.3, 0.4) is 0 Å². The number of nitrogens with zero attached hydrogens (tertiary/aromatic N) is 1. The highest BCUT2D eigenvalue weighted by Crippen LogP contribution is 2.27. The molecule has 0 radical (unpaired) electrons. The van der Waals surface area contributed by atoms with Crippen LogP contribution < -0.4 is 4.18 Å². The van der Waals surface area contributed by atoms with Crippen molar-refractivity contribution < 1.29 is 17.4 Å². The van der Waals surface area contributed by atoms with Crippen LogP contribution in [-0.4, -0.2) is 31.5 Å². The normalized spacial score (nSPS) is 14.5. The van der Waals surface area contributed by atoms with Gasteiger partial charge in [-0.3, -0.25) is 4.79 Å². The van der Waals surface area contributed by atoms with Crippen LogP contribution in [0.25, 0.3) is 0 Å². The summed E-state index contributed by atoms with van der Waals surface area (Å²) in [7, 11) is -3.54. The summed E-state index contributed by atoms with van der Waals surface area (Å²) in [5.74, 6) is 0.772. The van der Waals surface area contributed by atoms with Crippen molar-refractivity contribution in [2.45, 2.75) is 73.4 Å². The lowest BCUT2D eigenvalue weighted by atomic mass is 9.84. The highest BCUT2D eigenvalue weighted by Gasteiger charge is 2.23. The first-order valence-electron chi connectivity index (χ1n) is 9.58. The van der Waals surface area contributed by atoms with Gasteiger partial charge in [0.05, 0.1) is 6.26 Å². The van der Waals surface area contributed by atoms with Crippen LogP contribution in [0.2, 0.25) is 0 Å². The molecule has 0 saturated carbocycles. The van der Waals surface area contributed by atoms with Crippen molar-refractivity contribution in [3.8, 4) is 5.75 Å². The van der Waals surface area contributed by atoms with Crippen molar-refractivity contribution in [2.24, 2.45) is 11.3 Å². The van der Waals surface area contributed by atoms with E-state index in [9.17, 15) is 13.2 Å². The second-order valence-corrected chi connectivity index (χ2v) is 10.4. The maximum atomic E-state index is 12.9. The molecule has 1 aromatic rings. The van der Waals surface area contributed by atoms with Gasteiger partial charge in [-0.25, -0.2) is 0 Å². The van der Waals surface area contributed by atoms with E-state index < -0.39 is 10.1 Å².